The van der Waals surface area contributed by atoms with Crippen molar-refractivity contribution in [2.75, 3.05) is 39.0 Å². The van der Waals surface area contributed by atoms with E-state index in [0.29, 0.717) is 48.1 Å². The van der Waals surface area contributed by atoms with Crippen LogP contribution in [-0.4, -0.2) is 50.4 Å². The quantitative estimate of drug-likeness (QED) is 0.410. The summed E-state index contributed by atoms with van der Waals surface area (Å²) in [6.45, 7) is 3.70. The van der Waals surface area contributed by atoms with Crippen molar-refractivity contribution in [3.05, 3.63) is 53.7 Å². The van der Waals surface area contributed by atoms with Gasteiger partial charge in [0.2, 0.25) is 6.79 Å². The van der Waals surface area contributed by atoms with Crippen molar-refractivity contribution < 1.29 is 28.5 Å². The molecule has 0 bridgehead atoms. The Hall–Kier alpha value is -3.52. The van der Waals surface area contributed by atoms with Crippen LogP contribution in [0.1, 0.15) is 31.7 Å². The monoisotopic (exact) mass is 452 g/mol. The Labute approximate surface area is 193 Å². The Bertz CT molecular complexity index is 1060. The van der Waals surface area contributed by atoms with Crippen LogP contribution < -0.4 is 19.5 Å². The van der Waals surface area contributed by atoms with Gasteiger partial charge in [0.05, 0.1) is 12.7 Å². The number of hydrogen-bond acceptors (Lipinski definition) is 7. The van der Waals surface area contributed by atoms with Gasteiger partial charge in [-0.25, -0.2) is 0 Å². The zero-order chi connectivity index (χ0) is 23.2. The van der Waals surface area contributed by atoms with Gasteiger partial charge in [-0.3, -0.25) is 14.5 Å². The van der Waals surface area contributed by atoms with E-state index in [1.807, 2.05) is 12.1 Å². The van der Waals surface area contributed by atoms with E-state index in [0.717, 1.165) is 12.8 Å². The number of carbonyl (C=O) groups excluding carboxylic acids is 2. The summed E-state index contributed by atoms with van der Waals surface area (Å²) >= 11 is 0. The van der Waals surface area contributed by atoms with Crippen molar-refractivity contribution in [2.45, 2.75) is 26.2 Å². The number of para-hydroxylation sites is 1. The van der Waals surface area contributed by atoms with E-state index >= 15 is 0 Å². The zero-order valence-corrected chi connectivity index (χ0v) is 18.9. The first kappa shape index (κ1) is 22.7. The molecule has 0 aliphatic carbocycles. The first-order chi connectivity index (χ1) is 16.1. The van der Waals surface area contributed by atoms with Gasteiger partial charge in [0.1, 0.15) is 11.4 Å². The van der Waals surface area contributed by atoms with E-state index in [-0.39, 0.29) is 36.4 Å². The van der Waals surface area contributed by atoms with Gasteiger partial charge >= 0.3 is 0 Å². The van der Waals surface area contributed by atoms with Crippen molar-refractivity contribution in [1.29, 1.82) is 0 Å². The number of anilines is 1. The first-order valence-corrected chi connectivity index (χ1v) is 11.1. The van der Waals surface area contributed by atoms with E-state index in [4.69, 9.17) is 18.9 Å². The molecule has 33 heavy (non-hydrogen) atoms. The molecule has 4 rings (SSSR count). The van der Waals surface area contributed by atoms with Crippen molar-refractivity contribution in [3.63, 3.8) is 0 Å². The summed E-state index contributed by atoms with van der Waals surface area (Å²) in [6.07, 6.45) is 2.62. The highest BCUT2D eigenvalue weighted by Gasteiger charge is 2.40. The largest absolute Gasteiger partial charge is 0.496 e. The van der Waals surface area contributed by atoms with Crippen LogP contribution in [0.2, 0.25) is 0 Å². The molecule has 0 aromatic heterocycles. The van der Waals surface area contributed by atoms with Crippen LogP contribution in [0.3, 0.4) is 0 Å². The number of unbranched alkanes of at least 4 members (excludes halogenated alkanes) is 1. The molecule has 8 heteroatoms. The van der Waals surface area contributed by atoms with Crippen molar-refractivity contribution >= 4 is 23.1 Å². The number of rotatable bonds is 11. The number of carbonyl (C=O) groups is 2. The second-order valence-electron chi connectivity index (χ2n) is 7.72. The van der Waals surface area contributed by atoms with Gasteiger partial charge in [0, 0.05) is 37.1 Å². The zero-order valence-electron chi connectivity index (χ0n) is 18.9. The molecule has 0 spiro atoms. The fourth-order valence-electron chi connectivity index (χ4n) is 3.79. The highest BCUT2D eigenvalue weighted by Crippen LogP contribution is 2.38. The molecular weight excluding hydrogens is 424 g/mol. The number of amides is 2. The number of hydrogen-bond donors (Lipinski definition) is 1. The SMILES string of the molecule is CCCCOCCCN1C(=O)C(Nc2ccc3c(c2)OCO3)=C(c2ccccc2OC)C1=O. The fourth-order valence-corrected chi connectivity index (χ4v) is 3.79. The lowest BCUT2D eigenvalue weighted by molar-refractivity contribution is -0.137. The molecule has 2 heterocycles. The minimum atomic E-state index is -0.382. The number of ether oxygens (including phenoxy) is 4. The van der Waals surface area contributed by atoms with E-state index in [9.17, 15) is 9.59 Å². The Morgan fingerprint density at radius 3 is 2.61 bits per heavy atom. The summed E-state index contributed by atoms with van der Waals surface area (Å²) < 4.78 is 21.9. The topological polar surface area (TPSA) is 86.3 Å². The molecule has 0 atom stereocenters. The van der Waals surface area contributed by atoms with Crippen molar-refractivity contribution in [3.8, 4) is 17.2 Å². The van der Waals surface area contributed by atoms with Crippen LogP contribution in [0.15, 0.2) is 48.2 Å². The standard InChI is InChI=1S/C25H28N2O6/c1-3-4-13-31-14-7-12-27-24(28)22(18-8-5-6-9-19(18)30-2)23(25(27)29)26-17-10-11-20-21(15-17)33-16-32-20/h5-6,8-11,15,26H,3-4,7,12-14,16H2,1-2H3. The maximum Gasteiger partial charge on any atom is 0.278 e. The van der Waals surface area contributed by atoms with Crippen molar-refractivity contribution in [2.24, 2.45) is 0 Å². The van der Waals surface area contributed by atoms with E-state index in [1.54, 1.807) is 30.3 Å². The second kappa shape index (κ2) is 10.4. The van der Waals surface area contributed by atoms with Crippen molar-refractivity contribution in [1.82, 2.24) is 4.90 Å². The molecule has 0 saturated carbocycles. The average Bonchev–Trinajstić information content (AvgIpc) is 3.39. The minimum Gasteiger partial charge on any atom is -0.496 e. The molecule has 174 valence electrons. The smallest absolute Gasteiger partial charge is 0.278 e. The van der Waals surface area contributed by atoms with Crippen LogP contribution in [0, 0.1) is 0 Å². The third-order valence-corrected chi connectivity index (χ3v) is 5.50. The van der Waals surface area contributed by atoms with Gasteiger partial charge in [-0.15, -0.1) is 0 Å². The summed E-state index contributed by atoms with van der Waals surface area (Å²) in [5.41, 5.74) is 1.66. The molecule has 2 aliphatic heterocycles. The maximum absolute atomic E-state index is 13.4. The Kier molecular flexibility index (Phi) is 7.14. The van der Waals surface area contributed by atoms with Crippen LogP contribution in [-0.2, 0) is 14.3 Å². The van der Waals surface area contributed by atoms with Crippen LogP contribution in [0.25, 0.3) is 5.57 Å². The molecule has 0 unspecified atom stereocenters. The third-order valence-electron chi connectivity index (χ3n) is 5.50. The van der Waals surface area contributed by atoms with Crippen LogP contribution >= 0.6 is 0 Å². The molecule has 8 nitrogen and oxygen atoms in total. The molecule has 1 N–H and O–H groups in total. The lowest BCUT2D eigenvalue weighted by Gasteiger charge is -2.15. The van der Waals surface area contributed by atoms with Crippen LogP contribution in [0.5, 0.6) is 17.2 Å². The number of fused-ring (bicyclic) bond motifs is 1. The molecular formula is C25H28N2O6. The van der Waals surface area contributed by atoms with Gasteiger partial charge in [-0.05, 0) is 31.0 Å². The summed E-state index contributed by atoms with van der Waals surface area (Å²) in [7, 11) is 1.54. The average molecular weight is 453 g/mol. The molecule has 2 aromatic rings. The van der Waals surface area contributed by atoms with Gasteiger partial charge in [0.25, 0.3) is 11.8 Å². The van der Waals surface area contributed by atoms with Gasteiger partial charge in [-0.1, -0.05) is 31.5 Å². The molecule has 2 aliphatic rings. The summed E-state index contributed by atoms with van der Waals surface area (Å²) in [4.78, 5) is 28.0. The van der Waals surface area contributed by atoms with Gasteiger partial charge < -0.3 is 24.3 Å². The van der Waals surface area contributed by atoms with E-state index in [2.05, 4.69) is 12.2 Å². The number of nitrogens with one attached hydrogen (secondary N) is 1. The lowest BCUT2D eigenvalue weighted by atomic mass is 10.0. The Morgan fingerprint density at radius 2 is 1.79 bits per heavy atom. The number of nitrogens with zero attached hydrogens (tertiary/aromatic N) is 1. The molecule has 0 radical (unpaired) electrons. The van der Waals surface area contributed by atoms with Crippen LogP contribution in [0.4, 0.5) is 5.69 Å². The third kappa shape index (κ3) is 4.80. The fraction of sp³-hybridized carbons (Fsp3) is 0.360. The summed E-state index contributed by atoms with van der Waals surface area (Å²) in [5.74, 6) is 0.993. The molecule has 2 aromatic carbocycles. The Morgan fingerprint density at radius 1 is 1.00 bits per heavy atom. The highest BCUT2D eigenvalue weighted by atomic mass is 16.7. The molecule has 2 amide bonds. The predicted molar refractivity (Wildman–Crippen MR) is 123 cm³/mol. The summed E-state index contributed by atoms with van der Waals surface area (Å²) in [6, 6.07) is 12.5. The molecule has 0 saturated heterocycles. The predicted octanol–water partition coefficient (Wildman–Crippen LogP) is 3.82. The number of benzene rings is 2. The van der Waals surface area contributed by atoms with E-state index < -0.39 is 0 Å². The maximum atomic E-state index is 13.4. The first-order valence-electron chi connectivity index (χ1n) is 11.1. The normalized spacial score (nSPS) is 14.9. The molecule has 0 fully saturated rings. The Balaban J connectivity index is 1.60. The van der Waals surface area contributed by atoms with Gasteiger partial charge in [-0.2, -0.15) is 0 Å². The summed E-state index contributed by atoms with van der Waals surface area (Å²) in [5, 5.41) is 3.14. The minimum absolute atomic E-state index is 0.152. The second-order valence-corrected chi connectivity index (χ2v) is 7.72. The van der Waals surface area contributed by atoms with E-state index in [1.165, 1.54) is 12.0 Å². The number of methoxy groups -OCH3 is 1. The lowest BCUT2D eigenvalue weighted by Crippen LogP contribution is -2.34. The van der Waals surface area contributed by atoms with Gasteiger partial charge in [0.15, 0.2) is 11.5 Å². The highest BCUT2D eigenvalue weighted by molar-refractivity contribution is 6.37. The number of imide groups is 1.